The molecule has 4 nitrogen and oxygen atoms in total. The summed E-state index contributed by atoms with van der Waals surface area (Å²) in [6.45, 7) is 4.09. The molecule has 1 amide bonds. The molecule has 0 spiro atoms. The fourth-order valence-corrected chi connectivity index (χ4v) is 2.75. The molecule has 2 heterocycles. The summed E-state index contributed by atoms with van der Waals surface area (Å²) in [5.74, 6) is -0.190. The van der Waals surface area contributed by atoms with E-state index >= 15 is 0 Å². The standard InChI is InChI=1S/C16H15N3OS/c1-10-8-12(9-14-15(20)18-16(21)17-14)11(2)19(10)13-6-4-3-5-7-13/h3-9H,1-2H3,(H2,17,18,20,21)/b14-9+. The quantitative estimate of drug-likeness (QED) is 0.661. The highest BCUT2D eigenvalue weighted by atomic mass is 32.1. The van der Waals surface area contributed by atoms with Crippen LogP contribution in [0.3, 0.4) is 0 Å². The number of carbonyl (C=O) groups excluding carboxylic acids is 1. The first-order valence-corrected chi connectivity index (χ1v) is 7.05. The summed E-state index contributed by atoms with van der Waals surface area (Å²) in [6.07, 6.45) is 1.83. The first-order chi connectivity index (χ1) is 10.1. The number of aromatic nitrogens is 1. The minimum absolute atomic E-state index is 0.190. The second-order valence-corrected chi connectivity index (χ2v) is 5.37. The molecule has 5 heteroatoms. The van der Waals surface area contributed by atoms with Gasteiger partial charge in [0.05, 0.1) is 0 Å². The van der Waals surface area contributed by atoms with Gasteiger partial charge in [-0.2, -0.15) is 0 Å². The van der Waals surface area contributed by atoms with Gasteiger partial charge in [-0.3, -0.25) is 10.1 Å². The predicted molar refractivity (Wildman–Crippen MR) is 87.1 cm³/mol. The summed E-state index contributed by atoms with van der Waals surface area (Å²) in [5, 5.41) is 5.79. The number of benzene rings is 1. The number of para-hydroxylation sites is 1. The van der Waals surface area contributed by atoms with E-state index in [0.29, 0.717) is 10.8 Å². The van der Waals surface area contributed by atoms with Crippen LogP contribution in [0.2, 0.25) is 0 Å². The molecule has 0 atom stereocenters. The first kappa shape index (κ1) is 13.6. The fourth-order valence-electron chi connectivity index (χ4n) is 2.55. The fraction of sp³-hybridized carbons (Fsp3) is 0.125. The number of rotatable bonds is 2. The monoisotopic (exact) mass is 297 g/mol. The van der Waals surface area contributed by atoms with E-state index in [-0.39, 0.29) is 5.91 Å². The molecule has 2 aromatic rings. The second-order valence-electron chi connectivity index (χ2n) is 4.96. The van der Waals surface area contributed by atoms with E-state index < -0.39 is 0 Å². The number of nitrogens with zero attached hydrogens (tertiary/aromatic N) is 1. The van der Waals surface area contributed by atoms with Crippen LogP contribution in [0.15, 0.2) is 42.1 Å². The number of hydrogen-bond donors (Lipinski definition) is 2. The molecule has 1 fully saturated rings. The summed E-state index contributed by atoms with van der Waals surface area (Å²) < 4.78 is 2.16. The molecule has 106 valence electrons. The summed E-state index contributed by atoms with van der Waals surface area (Å²) >= 11 is 4.94. The predicted octanol–water partition coefficient (Wildman–Crippen LogP) is 2.44. The molecule has 1 aromatic carbocycles. The zero-order valence-corrected chi connectivity index (χ0v) is 12.6. The van der Waals surface area contributed by atoms with E-state index in [1.807, 2.05) is 31.2 Å². The zero-order valence-electron chi connectivity index (χ0n) is 11.8. The summed E-state index contributed by atoms with van der Waals surface area (Å²) in [6, 6.07) is 12.2. The van der Waals surface area contributed by atoms with Gasteiger partial charge in [-0.1, -0.05) is 18.2 Å². The Labute approximate surface area is 128 Å². The largest absolute Gasteiger partial charge is 0.328 e. The zero-order chi connectivity index (χ0) is 15.0. The molecule has 0 bridgehead atoms. The Kier molecular flexibility index (Phi) is 3.35. The third-order valence-electron chi connectivity index (χ3n) is 3.50. The second kappa shape index (κ2) is 5.18. The van der Waals surface area contributed by atoms with Crippen LogP contribution in [0.1, 0.15) is 17.0 Å². The lowest BCUT2D eigenvalue weighted by molar-refractivity contribution is -0.115. The van der Waals surface area contributed by atoms with Gasteiger partial charge < -0.3 is 9.88 Å². The van der Waals surface area contributed by atoms with Crippen LogP contribution in [0, 0.1) is 13.8 Å². The number of thiocarbonyl (C=S) groups is 1. The molecule has 3 rings (SSSR count). The van der Waals surface area contributed by atoms with Gasteiger partial charge in [0.25, 0.3) is 5.91 Å². The third kappa shape index (κ3) is 2.48. The topological polar surface area (TPSA) is 46.1 Å². The Morgan fingerprint density at radius 3 is 2.48 bits per heavy atom. The molecule has 0 saturated carbocycles. The highest BCUT2D eigenvalue weighted by molar-refractivity contribution is 7.80. The van der Waals surface area contributed by atoms with Gasteiger partial charge in [-0.25, -0.2) is 0 Å². The van der Waals surface area contributed by atoms with Crippen LogP contribution in [0.25, 0.3) is 11.8 Å². The van der Waals surface area contributed by atoms with Crippen LogP contribution < -0.4 is 10.6 Å². The van der Waals surface area contributed by atoms with Crippen molar-refractivity contribution in [2.75, 3.05) is 0 Å². The highest BCUT2D eigenvalue weighted by Crippen LogP contribution is 2.22. The van der Waals surface area contributed by atoms with Crippen molar-refractivity contribution >= 4 is 29.3 Å². The minimum Gasteiger partial charge on any atom is -0.328 e. The lowest BCUT2D eigenvalue weighted by Gasteiger charge is -2.09. The molecular weight excluding hydrogens is 282 g/mol. The SMILES string of the molecule is Cc1cc(/C=C2/NC(=S)NC2=O)c(C)n1-c1ccccc1. The van der Waals surface area contributed by atoms with E-state index in [1.54, 1.807) is 0 Å². The molecule has 0 radical (unpaired) electrons. The number of amides is 1. The highest BCUT2D eigenvalue weighted by Gasteiger charge is 2.21. The van der Waals surface area contributed by atoms with Gasteiger partial charge in [-0.15, -0.1) is 0 Å². The van der Waals surface area contributed by atoms with E-state index in [0.717, 1.165) is 22.6 Å². The lowest BCUT2D eigenvalue weighted by Crippen LogP contribution is -2.21. The van der Waals surface area contributed by atoms with Crippen molar-refractivity contribution in [2.45, 2.75) is 13.8 Å². The van der Waals surface area contributed by atoms with Gasteiger partial charge >= 0.3 is 0 Å². The lowest BCUT2D eigenvalue weighted by atomic mass is 10.2. The Morgan fingerprint density at radius 2 is 1.86 bits per heavy atom. The Hall–Kier alpha value is -2.40. The number of hydrogen-bond acceptors (Lipinski definition) is 2. The molecule has 1 aliphatic heterocycles. The van der Waals surface area contributed by atoms with E-state index in [9.17, 15) is 4.79 Å². The molecule has 2 N–H and O–H groups in total. The maximum absolute atomic E-state index is 11.7. The molecular formula is C16H15N3OS. The Balaban J connectivity index is 2.05. The van der Waals surface area contributed by atoms with Crippen LogP contribution in [-0.2, 0) is 4.79 Å². The Morgan fingerprint density at radius 1 is 1.14 bits per heavy atom. The average Bonchev–Trinajstić information content (AvgIpc) is 2.91. The van der Waals surface area contributed by atoms with Crippen molar-refractivity contribution in [1.29, 1.82) is 0 Å². The minimum atomic E-state index is -0.190. The van der Waals surface area contributed by atoms with Crippen LogP contribution in [0.5, 0.6) is 0 Å². The molecule has 1 saturated heterocycles. The maximum Gasteiger partial charge on any atom is 0.273 e. The van der Waals surface area contributed by atoms with Crippen LogP contribution in [-0.4, -0.2) is 15.6 Å². The summed E-state index contributed by atoms with van der Waals surface area (Å²) in [7, 11) is 0. The normalized spacial score (nSPS) is 16.2. The number of nitrogens with one attached hydrogen (secondary N) is 2. The number of aryl methyl sites for hydroxylation is 1. The molecule has 1 aromatic heterocycles. The van der Waals surface area contributed by atoms with Gasteiger partial charge in [-0.05, 0) is 55.9 Å². The van der Waals surface area contributed by atoms with Crippen molar-refractivity contribution in [2.24, 2.45) is 0 Å². The maximum atomic E-state index is 11.7. The van der Waals surface area contributed by atoms with Crippen molar-refractivity contribution in [3.05, 3.63) is 59.0 Å². The van der Waals surface area contributed by atoms with Gasteiger partial charge in [0.2, 0.25) is 0 Å². The van der Waals surface area contributed by atoms with E-state index in [4.69, 9.17) is 12.2 Å². The summed E-state index contributed by atoms with van der Waals surface area (Å²) in [4.78, 5) is 11.7. The van der Waals surface area contributed by atoms with Gasteiger partial charge in [0.15, 0.2) is 5.11 Å². The van der Waals surface area contributed by atoms with Crippen molar-refractivity contribution in [3.63, 3.8) is 0 Å². The molecule has 1 aliphatic rings. The Bertz CT molecular complexity index is 759. The third-order valence-corrected chi connectivity index (χ3v) is 3.71. The smallest absolute Gasteiger partial charge is 0.273 e. The molecule has 21 heavy (non-hydrogen) atoms. The molecule has 0 aliphatic carbocycles. The van der Waals surface area contributed by atoms with Crippen LogP contribution in [0.4, 0.5) is 0 Å². The number of carbonyl (C=O) groups is 1. The van der Waals surface area contributed by atoms with Crippen molar-refractivity contribution < 1.29 is 4.79 Å². The van der Waals surface area contributed by atoms with Crippen molar-refractivity contribution in [1.82, 2.24) is 15.2 Å². The van der Waals surface area contributed by atoms with Gasteiger partial charge in [0, 0.05) is 17.1 Å². The van der Waals surface area contributed by atoms with E-state index in [2.05, 4.69) is 40.3 Å². The molecule has 0 unspecified atom stereocenters. The first-order valence-electron chi connectivity index (χ1n) is 6.64. The average molecular weight is 297 g/mol. The van der Waals surface area contributed by atoms with E-state index in [1.165, 1.54) is 0 Å². The van der Waals surface area contributed by atoms with Crippen molar-refractivity contribution in [3.8, 4) is 5.69 Å². The summed E-state index contributed by atoms with van der Waals surface area (Å²) in [5.41, 5.74) is 4.79. The van der Waals surface area contributed by atoms with Gasteiger partial charge in [0.1, 0.15) is 5.70 Å². The van der Waals surface area contributed by atoms with Crippen LogP contribution >= 0.6 is 12.2 Å².